The normalized spacial score (nSPS) is 12.3. The van der Waals surface area contributed by atoms with Crippen LogP contribution in [0, 0.1) is 0 Å². The summed E-state index contributed by atoms with van der Waals surface area (Å²) in [6.45, 7) is 4.85. The molecule has 0 bridgehead atoms. The molecule has 1 unspecified atom stereocenters. The molecule has 4 heteroatoms. The molecule has 2 N–H and O–H groups in total. The van der Waals surface area contributed by atoms with Crippen molar-refractivity contribution in [3.05, 3.63) is 22.7 Å². The second-order valence-corrected chi connectivity index (χ2v) is 5.09. The van der Waals surface area contributed by atoms with E-state index in [4.69, 9.17) is 26.8 Å². The van der Waals surface area contributed by atoms with Gasteiger partial charge >= 0.3 is 0 Å². The van der Waals surface area contributed by atoms with Crippen molar-refractivity contribution in [3.8, 4) is 11.5 Å². The predicted molar refractivity (Wildman–Crippen MR) is 80.4 cm³/mol. The minimum absolute atomic E-state index is 0.146. The summed E-state index contributed by atoms with van der Waals surface area (Å²) in [6.07, 6.45) is 3.82. The highest BCUT2D eigenvalue weighted by Crippen LogP contribution is 2.36. The molecule has 0 saturated heterocycles. The summed E-state index contributed by atoms with van der Waals surface area (Å²) in [6, 6.07) is 4.02. The first-order valence-electron chi connectivity index (χ1n) is 6.87. The fourth-order valence-corrected chi connectivity index (χ4v) is 2.08. The Hall–Kier alpha value is -0.930. The number of unbranched alkanes of at least 4 members (excludes halogenated alkanes) is 1. The first-order chi connectivity index (χ1) is 9.12. The molecule has 1 rings (SSSR count). The van der Waals surface area contributed by atoms with Gasteiger partial charge in [-0.3, -0.25) is 0 Å². The van der Waals surface area contributed by atoms with Gasteiger partial charge in [-0.15, -0.1) is 0 Å². The molecule has 1 aromatic rings. The van der Waals surface area contributed by atoms with Crippen molar-refractivity contribution >= 4 is 11.6 Å². The van der Waals surface area contributed by atoms with E-state index in [0.717, 1.165) is 31.2 Å². The Kier molecular flexibility index (Phi) is 7.03. The van der Waals surface area contributed by atoms with Crippen molar-refractivity contribution < 1.29 is 9.47 Å². The van der Waals surface area contributed by atoms with Crippen molar-refractivity contribution in [2.24, 2.45) is 5.73 Å². The second-order valence-electron chi connectivity index (χ2n) is 4.68. The second kappa shape index (κ2) is 8.28. The Morgan fingerprint density at radius 2 is 2.05 bits per heavy atom. The van der Waals surface area contributed by atoms with E-state index in [1.54, 1.807) is 7.11 Å². The van der Waals surface area contributed by atoms with E-state index in [-0.39, 0.29) is 6.04 Å². The highest BCUT2D eigenvalue weighted by atomic mass is 35.5. The van der Waals surface area contributed by atoms with Gasteiger partial charge in [-0.2, -0.15) is 0 Å². The van der Waals surface area contributed by atoms with Gasteiger partial charge in [0, 0.05) is 6.04 Å². The molecule has 108 valence electrons. The molecule has 0 saturated carbocycles. The fourth-order valence-electron chi connectivity index (χ4n) is 1.80. The summed E-state index contributed by atoms with van der Waals surface area (Å²) in [5, 5.41) is 0.591. The first kappa shape index (κ1) is 16.1. The van der Waals surface area contributed by atoms with Gasteiger partial charge in [0.25, 0.3) is 0 Å². The van der Waals surface area contributed by atoms with Gasteiger partial charge < -0.3 is 15.2 Å². The molecule has 0 fully saturated rings. The smallest absolute Gasteiger partial charge is 0.179 e. The van der Waals surface area contributed by atoms with Crippen molar-refractivity contribution in [3.63, 3.8) is 0 Å². The SMILES string of the molecule is CCCCOc1c(Cl)cc(CC(N)CC)cc1OC. The number of nitrogens with two attached hydrogens (primary N) is 1. The molecule has 0 spiro atoms. The molecular formula is C15H24ClNO2. The molecule has 0 radical (unpaired) electrons. The maximum atomic E-state index is 6.27. The average Bonchev–Trinajstić information content (AvgIpc) is 2.40. The number of benzene rings is 1. The van der Waals surface area contributed by atoms with Crippen LogP contribution in [0.5, 0.6) is 11.5 Å². The van der Waals surface area contributed by atoms with Gasteiger partial charge in [0.05, 0.1) is 18.7 Å². The number of rotatable bonds is 8. The topological polar surface area (TPSA) is 44.5 Å². The van der Waals surface area contributed by atoms with Crippen molar-refractivity contribution in [2.45, 2.75) is 45.6 Å². The van der Waals surface area contributed by atoms with Gasteiger partial charge in [0.15, 0.2) is 11.5 Å². The quantitative estimate of drug-likeness (QED) is 0.739. The predicted octanol–water partition coefficient (Wildman–Crippen LogP) is 3.81. The lowest BCUT2D eigenvalue weighted by Crippen LogP contribution is -2.21. The molecule has 0 aliphatic heterocycles. The molecule has 0 heterocycles. The third-order valence-corrected chi connectivity index (χ3v) is 3.34. The van der Waals surface area contributed by atoms with Crippen molar-refractivity contribution in [2.75, 3.05) is 13.7 Å². The van der Waals surface area contributed by atoms with Gasteiger partial charge in [-0.1, -0.05) is 31.9 Å². The number of halogens is 1. The Bertz CT molecular complexity index is 396. The lowest BCUT2D eigenvalue weighted by Gasteiger charge is -2.15. The van der Waals surface area contributed by atoms with E-state index in [0.29, 0.717) is 23.1 Å². The molecule has 0 amide bonds. The largest absolute Gasteiger partial charge is 0.493 e. The summed E-state index contributed by atoms with van der Waals surface area (Å²) >= 11 is 6.27. The third-order valence-electron chi connectivity index (χ3n) is 3.06. The van der Waals surface area contributed by atoms with Gasteiger partial charge in [-0.05, 0) is 37.0 Å². The first-order valence-corrected chi connectivity index (χ1v) is 7.24. The van der Waals surface area contributed by atoms with Gasteiger partial charge in [0.2, 0.25) is 0 Å². The number of hydrogen-bond acceptors (Lipinski definition) is 3. The molecule has 0 aliphatic carbocycles. The van der Waals surface area contributed by atoms with Gasteiger partial charge in [0.1, 0.15) is 0 Å². The van der Waals surface area contributed by atoms with Crippen LogP contribution in [0.4, 0.5) is 0 Å². The Morgan fingerprint density at radius 3 is 2.63 bits per heavy atom. The van der Waals surface area contributed by atoms with E-state index in [1.807, 2.05) is 12.1 Å². The maximum Gasteiger partial charge on any atom is 0.179 e. The van der Waals surface area contributed by atoms with Crippen LogP contribution in [0.25, 0.3) is 0 Å². The van der Waals surface area contributed by atoms with Gasteiger partial charge in [-0.25, -0.2) is 0 Å². The number of hydrogen-bond donors (Lipinski definition) is 1. The Balaban J connectivity index is 2.87. The molecule has 19 heavy (non-hydrogen) atoms. The maximum absolute atomic E-state index is 6.27. The number of ether oxygens (including phenoxy) is 2. The highest BCUT2D eigenvalue weighted by Gasteiger charge is 2.13. The Morgan fingerprint density at radius 1 is 1.32 bits per heavy atom. The Labute approximate surface area is 121 Å². The van der Waals surface area contributed by atoms with Crippen LogP contribution in [-0.4, -0.2) is 19.8 Å². The summed E-state index contributed by atoms with van der Waals surface area (Å²) in [4.78, 5) is 0. The zero-order chi connectivity index (χ0) is 14.3. The summed E-state index contributed by atoms with van der Waals surface area (Å²) in [5.74, 6) is 1.31. The van der Waals surface area contributed by atoms with E-state index in [2.05, 4.69) is 13.8 Å². The van der Waals surface area contributed by atoms with Crippen LogP contribution < -0.4 is 15.2 Å². The van der Waals surface area contributed by atoms with Crippen LogP contribution in [0.2, 0.25) is 5.02 Å². The van der Waals surface area contributed by atoms with E-state index >= 15 is 0 Å². The minimum atomic E-state index is 0.146. The van der Waals surface area contributed by atoms with E-state index in [1.165, 1.54) is 0 Å². The van der Waals surface area contributed by atoms with Crippen molar-refractivity contribution in [1.82, 2.24) is 0 Å². The average molecular weight is 286 g/mol. The molecular weight excluding hydrogens is 262 g/mol. The molecule has 0 aliphatic rings. The lowest BCUT2D eigenvalue weighted by molar-refractivity contribution is 0.288. The summed E-state index contributed by atoms with van der Waals surface area (Å²) < 4.78 is 11.1. The van der Waals surface area contributed by atoms with Crippen molar-refractivity contribution in [1.29, 1.82) is 0 Å². The minimum Gasteiger partial charge on any atom is -0.493 e. The van der Waals surface area contributed by atoms with E-state index in [9.17, 15) is 0 Å². The summed E-state index contributed by atoms with van der Waals surface area (Å²) in [7, 11) is 1.63. The molecule has 1 aromatic carbocycles. The lowest BCUT2D eigenvalue weighted by atomic mass is 10.0. The highest BCUT2D eigenvalue weighted by molar-refractivity contribution is 6.32. The third kappa shape index (κ3) is 4.92. The standard InChI is InChI=1S/C15H24ClNO2/c1-4-6-7-19-15-13(16)9-11(8-12(17)5-2)10-14(15)18-3/h9-10,12H,4-8,17H2,1-3H3. The molecule has 1 atom stereocenters. The monoisotopic (exact) mass is 285 g/mol. The van der Waals surface area contributed by atoms with Crippen LogP contribution in [-0.2, 0) is 6.42 Å². The van der Waals surface area contributed by atoms with Crippen LogP contribution in [0.15, 0.2) is 12.1 Å². The van der Waals surface area contributed by atoms with E-state index < -0.39 is 0 Å². The zero-order valence-electron chi connectivity index (χ0n) is 12.0. The molecule has 0 aromatic heterocycles. The van der Waals surface area contributed by atoms with Crippen LogP contribution in [0.1, 0.15) is 38.7 Å². The number of methoxy groups -OCH3 is 1. The van der Waals surface area contributed by atoms with Crippen LogP contribution in [0.3, 0.4) is 0 Å². The summed E-state index contributed by atoms with van der Waals surface area (Å²) in [5.41, 5.74) is 7.05. The zero-order valence-corrected chi connectivity index (χ0v) is 12.8. The van der Waals surface area contributed by atoms with Crippen LogP contribution >= 0.6 is 11.6 Å². The fraction of sp³-hybridized carbons (Fsp3) is 0.600. The molecule has 3 nitrogen and oxygen atoms in total.